The number of hydrogen-bond donors (Lipinski definition) is 1. The molecule has 1 N–H and O–H groups in total. The molecule has 0 radical (unpaired) electrons. The molecule has 0 bridgehead atoms. The fraction of sp³-hybridized carbons (Fsp3) is 0.786. The lowest BCUT2D eigenvalue weighted by atomic mass is 9.89. The molecule has 2 saturated heterocycles. The van der Waals surface area contributed by atoms with E-state index in [9.17, 15) is 0 Å². The normalized spacial score (nSPS) is 31.6. The van der Waals surface area contributed by atoms with Crippen molar-refractivity contribution in [1.29, 1.82) is 0 Å². The van der Waals surface area contributed by atoms with Gasteiger partial charge < -0.3 is 5.32 Å². The maximum absolute atomic E-state index is 4.70. The predicted octanol–water partition coefficient (Wildman–Crippen LogP) is 3.01. The van der Waals surface area contributed by atoms with E-state index in [4.69, 9.17) is 4.98 Å². The highest BCUT2D eigenvalue weighted by atomic mass is 35.5. The summed E-state index contributed by atoms with van der Waals surface area (Å²) in [5.41, 5.74) is 1.78. The Balaban J connectivity index is 0.00000133. The zero-order valence-electron chi connectivity index (χ0n) is 11.8. The van der Waals surface area contributed by atoms with Gasteiger partial charge in [0, 0.05) is 18.5 Å². The number of likely N-dealkylation sites (tertiary alicyclic amines) is 1. The number of nitrogens with zero attached hydrogens (tertiary/aromatic N) is 2. The van der Waals surface area contributed by atoms with Crippen LogP contribution in [0, 0.1) is 12.3 Å². The summed E-state index contributed by atoms with van der Waals surface area (Å²) in [4.78, 5) is 7.37. The van der Waals surface area contributed by atoms with Crippen LogP contribution in [0.25, 0.3) is 0 Å². The second kappa shape index (κ2) is 6.08. The molecule has 3 nitrogen and oxygen atoms in total. The minimum atomic E-state index is 0. The molecule has 2 fully saturated rings. The van der Waals surface area contributed by atoms with Gasteiger partial charge >= 0.3 is 0 Å². The third-order valence-corrected chi connectivity index (χ3v) is 5.18. The lowest BCUT2D eigenvalue weighted by Gasteiger charge is -2.32. The van der Waals surface area contributed by atoms with Crippen LogP contribution in [0.4, 0.5) is 0 Å². The molecule has 3 rings (SSSR count). The molecule has 2 unspecified atom stereocenters. The topological polar surface area (TPSA) is 28.2 Å². The molecular formula is C14H24ClN3S. The van der Waals surface area contributed by atoms with Gasteiger partial charge in [0.25, 0.3) is 0 Å². The maximum Gasteiger partial charge on any atom is 0.0898 e. The van der Waals surface area contributed by atoms with E-state index < -0.39 is 0 Å². The molecule has 2 aliphatic rings. The summed E-state index contributed by atoms with van der Waals surface area (Å²) in [7, 11) is 0. The first-order valence-electron chi connectivity index (χ1n) is 7.03. The smallest absolute Gasteiger partial charge is 0.0898 e. The van der Waals surface area contributed by atoms with Crippen molar-refractivity contribution >= 4 is 23.7 Å². The largest absolute Gasteiger partial charge is 0.316 e. The summed E-state index contributed by atoms with van der Waals surface area (Å²) in [6.45, 7) is 9.36. The van der Waals surface area contributed by atoms with Crippen molar-refractivity contribution in [3.05, 3.63) is 16.1 Å². The zero-order valence-corrected chi connectivity index (χ0v) is 13.4. The molecule has 0 aliphatic carbocycles. The van der Waals surface area contributed by atoms with Gasteiger partial charge in [-0.15, -0.1) is 23.7 Å². The minimum Gasteiger partial charge on any atom is -0.316 e. The van der Waals surface area contributed by atoms with Crippen molar-refractivity contribution in [1.82, 2.24) is 15.2 Å². The number of hydrogen-bond acceptors (Lipinski definition) is 4. The Kier molecular flexibility index (Phi) is 4.88. The fourth-order valence-electron chi connectivity index (χ4n) is 3.38. The first-order chi connectivity index (χ1) is 8.66. The summed E-state index contributed by atoms with van der Waals surface area (Å²) < 4.78 is 0. The van der Waals surface area contributed by atoms with Gasteiger partial charge in [-0.1, -0.05) is 6.92 Å². The predicted molar refractivity (Wildman–Crippen MR) is 83.2 cm³/mol. The van der Waals surface area contributed by atoms with Crippen LogP contribution in [-0.2, 0) is 0 Å². The highest BCUT2D eigenvalue weighted by Gasteiger charge is 2.36. The van der Waals surface area contributed by atoms with E-state index in [0.29, 0.717) is 11.5 Å². The van der Waals surface area contributed by atoms with Gasteiger partial charge in [-0.05, 0) is 44.7 Å². The van der Waals surface area contributed by atoms with Crippen LogP contribution in [0.3, 0.4) is 0 Å². The standard InChI is InChI=1S/C14H23N3S.ClH/c1-11-16-12(8-18-11)13-4-3-7-17(13)10-14(2)5-6-15-9-14;/h8,13,15H,3-7,9-10H2,1-2H3;1H. The average molecular weight is 302 g/mol. The van der Waals surface area contributed by atoms with Crippen LogP contribution in [0.15, 0.2) is 5.38 Å². The molecule has 0 amide bonds. The number of thiazole rings is 1. The number of nitrogens with one attached hydrogen (secondary N) is 1. The molecule has 0 aromatic carbocycles. The van der Waals surface area contributed by atoms with Crippen molar-refractivity contribution in [2.75, 3.05) is 26.2 Å². The van der Waals surface area contributed by atoms with Crippen LogP contribution >= 0.6 is 23.7 Å². The minimum absolute atomic E-state index is 0. The Morgan fingerprint density at radius 1 is 1.58 bits per heavy atom. The molecule has 2 aliphatic heterocycles. The molecule has 1 aromatic heterocycles. The number of aryl methyl sites for hydroxylation is 1. The van der Waals surface area contributed by atoms with Gasteiger partial charge in [0.05, 0.1) is 16.7 Å². The van der Waals surface area contributed by atoms with Crippen LogP contribution in [0.1, 0.15) is 42.9 Å². The fourth-order valence-corrected chi connectivity index (χ4v) is 4.04. The lowest BCUT2D eigenvalue weighted by molar-refractivity contribution is 0.163. The highest BCUT2D eigenvalue weighted by molar-refractivity contribution is 7.09. The Morgan fingerprint density at radius 3 is 3.05 bits per heavy atom. The lowest BCUT2D eigenvalue weighted by Crippen LogP contribution is -2.37. The second-order valence-corrected chi connectivity index (χ2v) is 7.22. The Bertz CT molecular complexity index is 415. The number of rotatable bonds is 3. The van der Waals surface area contributed by atoms with E-state index in [0.717, 1.165) is 0 Å². The third kappa shape index (κ3) is 3.30. The van der Waals surface area contributed by atoms with E-state index >= 15 is 0 Å². The van der Waals surface area contributed by atoms with Gasteiger partial charge in [0.1, 0.15) is 0 Å². The van der Waals surface area contributed by atoms with Gasteiger partial charge in [0.2, 0.25) is 0 Å². The third-order valence-electron chi connectivity index (χ3n) is 4.38. The number of aromatic nitrogens is 1. The molecule has 19 heavy (non-hydrogen) atoms. The van der Waals surface area contributed by atoms with Gasteiger partial charge in [-0.2, -0.15) is 0 Å². The zero-order chi connectivity index (χ0) is 12.6. The molecule has 0 saturated carbocycles. The summed E-state index contributed by atoms with van der Waals surface area (Å²) in [6, 6.07) is 0.576. The quantitative estimate of drug-likeness (QED) is 0.930. The van der Waals surface area contributed by atoms with Crippen molar-refractivity contribution in [2.24, 2.45) is 5.41 Å². The molecule has 3 heterocycles. The van der Waals surface area contributed by atoms with E-state index in [1.54, 1.807) is 11.3 Å². The molecule has 5 heteroatoms. The summed E-state index contributed by atoms with van der Waals surface area (Å²) in [5, 5.41) is 6.96. The van der Waals surface area contributed by atoms with Crippen molar-refractivity contribution in [2.45, 2.75) is 39.2 Å². The van der Waals surface area contributed by atoms with E-state index in [-0.39, 0.29) is 12.4 Å². The first-order valence-corrected chi connectivity index (χ1v) is 7.91. The molecular weight excluding hydrogens is 278 g/mol. The Hall–Kier alpha value is -0.160. The molecule has 2 atom stereocenters. The number of halogens is 1. The van der Waals surface area contributed by atoms with Crippen LogP contribution in [0.5, 0.6) is 0 Å². The summed E-state index contributed by atoms with van der Waals surface area (Å²) in [5.74, 6) is 0. The average Bonchev–Trinajstić information content (AvgIpc) is 3.01. The van der Waals surface area contributed by atoms with Crippen LogP contribution in [-0.4, -0.2) is 36.1 Å². The van der Waals surface area contributed by atoms with Crippen molar-refractivity contribution < 1.29 is 0 Å². The van der Waals surface area contributed by atoms with E-state index in [2.05, 4.69) is 29.4 Å². The van der Waals surface area contributed by atoms with E-state index in [1.165, 1.54) is 56.1 Å². The van der Waals surface area contributed by atoms with Gasteiger partial charge in [-0.25, -0.2) is 4.98 Å². The Labute approximate surface area is 126 Å². The first kappa shape index (κ1) is 15.2. The maximum atomic E-state index is 4.70. The second-order valence-electron chi connectivity index (χ2n) is 6.16. The summed E-state index contributed by atoms with van der Waals surface area (Å²) in [6.07, 6.45) is 3.92. The summed E-state index contributed by atoms with van der Waals surface area (Å²) >= 11 is 1.79. The molecule has 1 aromatic rings. The van der Waals surface area contributed by atoms with Crippen LogP contribution in [0.2, 0.25) is 0 Å². The SMILES string of the molecule is Cc1nc(C2CCCN2CC2(C)CCNC2)cs1.Cl. The van der Waals surface area contributed by atoms with E-state index in [1.807, 2.05) is 0 Å². The van der Waals surface area contributed by atoms with Crippen molar-refractivity contribution in [3.63, 3.8) is 0 Å². The van der Waals surface area contributed by atoms with Crippen molar-refractivity contribution in [3.8, 4) is 0 Å². The Morgan fingerprint density at radius 2 is 2.42 bits per heavy atom. The van der Waals surface area contributed by atoms with Gasteiger partial charge in [0.15, 0.2) is 0 Å². The van der Waals surface area contributed by atoms with Crippen LogP contribution < -0.4 is 5.32 Å². The molecule has 108 valence electrons. The monoisotopic (exact) mass is 301 g/mol. The highest BCUT2D eigenvalue weighted by Crippen LogP contribution is 2.36. The molecule has 0 spiro atoms. The van der Waals surface area contributed by atoms with Gasteiger partial charge in [-0.3, -0.25) is 4.90 Å².